The van der Waals surface area contributed by atoms with Gasteiger partial charge in [-0.15, -0.1) is 11.3 Å². The lowest BCUT2D eigenvalue weighted by molar-refractivity contribution is -0.114. The van der Waals surface area contributed by atoms with E-state index in [-0.39, 0.29) is 5.91 Å². The Morgan fingerprint density at radius 1 is 1.16 bits per heavy atom. The van der Waals surface area contributed by atoms with Gasteiger partial charge in [0.25, 0.3) is 5.91 Å². The van der Waals surface area contributed by atoms with Crippen LogP contribution in [0.2, 0.25) is 0 Å². The summed E-state index contributed by atoms with van der Waals surface area (Å²) in [6, 6.07) is 11.5. The molecule has 0 spiro atoms. The molecule has 0 N–H and O–H groups in total. The highest BCUT2D eigenvalue weighted by Crippen LogP contribution is 2.30. The first-order chi connectivity index (χ1) is 12.0. The van der Waals surface area contributed by atoms with Crippen LogP contribution in [0.5, 0.6) is 5.75 Å². The molecular weight excluding hydrogens is 352 g/mol. The number of hydrogen-bond donors (Lipinski definition) is 0. The number of anilines is 1. The van der Waals surface area contributed by atoms with Crippen molar-refractivity contribution < 1.29 is 9.53 Å². The predicted molar refractivity (Wildman–Crippen MR) is 107 cm³/mol. The van der Waals surface area contributed by atoms with Crippen molar-refractivity contribution in [2.24, 2.45) is 0 Å². The van der Waals surface area contributed by atoms with Crippen LogP contribution in [0.3, 0.4) is 0 Å². The number of thiophene rings is 1. The summed E-state index contributed by atoms with van der Waals surface area (Å²) in [5.41, 5.74) is 1.33. The minimum atomic E-state index is -0.108. The Morgan fingerprint density at radius 2 is 1.88 bits per heavy atom. The monoisotopic (exact) mass is 372 g/mol. The van der Waals surface area contributed by atoms with Gasteiger partial charge in [0.05, 0.1) is 12.3 Å². The standard InChI is InChI=1S/C19H20N2O2S2/c1-4-15-10-11-16(25-15)12-17-18(22)21(19(24)20(17)3)13-6-8-14(9-7-13)23-5-2/h6-12H,4-5H2,1-3H3/b17-12+. The number of carbonyl (C=O) groups is 1. The Labute approximate surface area is 157 Å². The zero-order valence-corrected chi connectivity index (χ0v) is 16.1. The van der Waals surface area contributed by atoms with E-state index in [0.717, 1.165) is 22.7 Å². The molecule has 0 radical (unpaired) electrons. The van der Waals surface area contributed by atoms with Gasteiger partial charge in [0, 0.05) is 16.8 Å². The zero-order chi connectivity index (χ0) is 18.0. The molecule has 3 rings (SSSR count). The molecule has 4 nitrogen and oxygen atoms in total. The Bertz CT molecular complexity index is 824. The van der Waals surface area contributed by atoms with Gasteiger partial charge in [0.1, 0.15) is 11.4 Å². The highest BCUT2D eigenvalue weighted by atomic mass is 32.1. The van der Waals surface area contributed by atoms with Crippen LogP contribution in [0, 0.1) is 0 Å². The van der Waals surface area contributed by atoms with Crippen LogP contribution in [-0.4, -0.2) is 29.6 Å². The first-order valence-corrected chi connectivity index (χ1v) is 9.43. The maximum absolute atomic E-state index is 12.9. The fourth-order valence-electron chi connectivity index (χ4n) is 2.64. The second kappa shape index (κ2) is 7.37. The third kappa shape index (κ3) is 3.45. The highest BCUT2D eigenvalue weighted by Gasteiger charge is 2.36. The fourth-order valence-corrected chi connectivity index (χ4v) is 3.82. The number of aryl methyl sites for hydroxylation is 1. The number of likely N-dealkylation sites (N-methyl/N-ethyl adjacent to an activating group) is 1. The van der Waals surface area contributed by atoms with Crippen molar-refractivity contribution in [2.75, 3.05) is 18.6 Å². The summed E-state index contributed by atoms with van der Waals surface area (Å²) in [6.07, 6.45) is 2.90. The van der Waals surface area contributed by atoms with Gasteiger partial charge >= 0.3 is 0 Å². The van der Waals surface area contributed by atoms with Crippen molar-refractivity contribution in [3.63, 3.8) is 0 Å². The Morgan fingerprint density at radius 3 is 2.48 bits per heavy atom. The number of ether oxygens (including phenoxy) is 1. The molecule has 130 valence electrons. The van der Waals surface area contributed by atoms with Crippen LogP contribution in [0.4, 0.5) is 5.69 Å². The van der Waals surface area contributed by atoms with E-state index in [2.05, 4.69) is 13.0 Å². The average molecular weight is 373 g/mol. The van der Waals surface area contributed by atoms with E-state index in [9.17, 15) is 4.79 Å². The van der Waals surface area contributed by atoms with E-state index in [1.165, 1.54) is 4.88 Å². The van der Waals surface area contributed by atoms with Crippen LogP contribution in [0.15, 0.2) is 42.1 Å². The molecule has 1 aromatic carbocycles. The zero-order valence-electron chi connectivity index (χ0n) is 14.5. The van der Waals surface area contributed by atoms with Gasteiger partial charge in [-0.3, -0.25) is 9.69 Å². The smallest absolute Gasteiger partial charge is 0.281 e. The third-order valence-corrected chi connectivity index (χ3v) is 5.61. The second-order valence-electron chi connectivity index (χ2n) is 5.60. The number of benzene rings is 1. The lowest BCUT2D eigenvalue weighted by Crippen LogP contribution is -2.31. The second-order valence-corrected chi connectivity index (χ2v) is 7.16. The molecule has 25 heavy (non-hydrogen) atoms. The average Bonchev–Trinajstić information content (AvgIpc) is 3.15. The topological polar surface area (TPSA) is 32.8 Å². The summed E-state index contributed by atoms with van der Waals surface area (Å²) < 4.78 is 5.45. The minimum Gasteiger partial charge on any atom is -0.494 e. The van der Waals surface area contributed by atoms with Crippen LogP contribution < -0.4 is 9.64 Å². The summed E-state index contributed by atoms with van der Waals surface area (Å²) in [4.78, 5) is 18.6. The molecule has 0 bridgehead atoms. The maximum atomic E-state index is 12.9. The van der Waals surface area contributed by atoms with Gasteiger partial charge in [0.15, 0.2) is 5.11 Å². The summed E-state index contributed by atoms with van der Waals surface area (Å²) in [6.45, 7) is 4.67. The van der Waals surface area contributed by atoms with Gasteiger partial charge in [-0.25, -0.2) is 0 Å². The number of hydrogen-bond acceptors (Lipinski definition) is 4. The first kappa shape index (κ1) is 17.6. The van der Waals surface area contributed by atoms with Gasteiger partial charge < -0.3 is 9.64 Å². The van der Waals surface area contributed by atoms with Crippen molar-refractivity contribution in [3.8, 4) is 5.75 Å². The Balaban J connectivity index is 1.89. The maximum Gasteiger partial charge on any atom is 0.281 e. The Hall–Kier alpha value is -2.18. The normalized spacial score (nSPS) is 16.2. The molecule has 1 aromatic heterocycles. The summed E-state index contributed by atoms with van der Waals surface area (Å²) in [7, 11) is 1.83. The largest absolute Gasteiger partial charge is 0.494 e. The molecule has 2 heterocycles. The summed E-state index contributed by atoms with van der Waals surface area (Å²) in [5, 5.41) is 0.479. The number of carbonyl (C=O) groups excluding carboxylic acids is 1. The third-order valence-electron chi connectivity index (χ3n) is 3.98. The fraction of sp³-hybridized carbons (Fsp3) is 0.263. The van der Waals surface area contributed by atoms with Crippen LogP contribution in [0.1, 0.15) is 23.6 Å². The number of amides is 1. The predicted octanol–water partition coefficient (Wildman–Crippen LogP) is 4.31. The molecule has 0 unspecified atom stereocenters. The van der Waals surface area contributed by atoms with Gasteiger partial charge in [-0.05, 0) is 68.0 Å². The van der Waals surface area contributed by atoms with Crippen LogP contribution >= 0.6 is 23.6 Å². The van der Waals surface area contributed by atoms with Gasteiger partial charge in [-0.2, -0.15) is 0 Å². The minimum absolute atomic E-state index is 0.108. The van der Waals surface area contributed by atoms with Crippen molar-refractivity contribution in [2.45, 2.75) is 20.3 Å². The van der Waals surface area contributed by atoms with Crippen LogP contribution in [0.25, 0.3) is 6.08 Å². The molecule has 6 heteroatoms. The van der Waals surface area contributed by atoms with Crippen molar-refractivity contribution in [1.82, 2.24) is 4.90 Å². The molecular formula is C19H20N2O2S2. The van der Waals surface area contributed by atoms with E-state index in [1.807, 2.05) is 50.4 Å². The quantitative estimate of drug-likeness (QED) is 0.578. The molecule has 2 aromatic rings. The van der Waals surface area contributed by atoms with E-state index in [0.29, 0.717) is 17.4 Å². The lowest BCUT2D eigenvalue weighted by Gasteiger charge is -2.16. The molecule has 0 saturated carbocycles. The van der Waals surface area contributed by atoms with Gasteiger partial charge in [0.2, 0.25) is 0 Å². The molecule has 0 aliphatic carbocycles. The van der Waals surface area contributed by atoms with E-state index < -0.39 is 0 Å². The molecule has 1 aliphatic rings. The summed E-state index contributed by atoms with van der Waals surface area (Å²) in [5.74, 6) is 0.668. The Kier molecular flexibility index (Phi) is 5.20. The first-order valence-electron chi connectivity index (χ1n) is 8.20. The van der Waals surface area contributed by atoms with E-state index >= 15 is 0 Å². The lowest BCUT2D eigenvalue weighted by atomic mass is 10.2. The van der Waals surface area contributed by atoms with Crippen LogP contribution in [-0.2, 0) is 11.2 Å². The summed E-state index contributed by atoms with van der Waals surface area (Å²) >= 11 is 7.19. The number of rotatable bonds is 5. The number of thiocarbonyl (C=S) groups is 1. The van der Waals surface area contributed by atoms with Crippen molar-refractivity contribution >= 4 is 46.3 Å². The SMILES string of the molecule is CCOc1ccc(N2C(=O)/C(=C\c3ccc(CC)s3)N(C)C2=S)cc1. The molecule has 0 atom stereocenters. The van der Waals surface area contributed by atoms with Crippen molar-refractivity contribution in [3.05, 3.63) is 51.8 Å². The van der Waals surface area contributed by atoms with Gasteiger partial charge in [-0.1, -0.05) is 6.92 Å². The molecule has 1 amide bonds. The molecule has 1 fully saturated rings. The molecule has 1 aliphatic heterocycles. The van der Waals surface area contributed by atoms with Crippen molar-refractivity contribution in [1.29, 1.82) is 0 Å². The van der Waals surface area contributed by atoms with E-state index in [1.54, 1.807) is 21.1 Å². The van der Waals surface area contributed by atoms with E-state index in [4.69, 9.17) is 17.0 Å². The molecule has 1 saturated heterocycles. The number of nitrogens with zero attached hydrogens (tertiary/aromatic N) is 2. The highest BCUT2D eigenvalue weighted by molar-refractivity contribution is 7.80.